The molecule has 2 aromatic carbocycles. The average molecular weight is 465 g/mol. The molecule has 0 saturated heterocycles. The zero-order chi connectivity index (χ0) is 23.2. The maximum absolute atomic E-state index is 13.8. The molecule has 2 heterocycles. The summed E-state index contributed by atoms with van der Waals surface area (Å²) in [6, 6.07) is 16.7. The van der Waals surface area contributed by atoms with Gasteiger partial charge in [-0.2, -0.15) is 4.98 Å². The Kier molecular flexibility index (Phi) is 6.89. The van der Waals surface area contributed by atoms with Gasteiger partial charge in [0, 0.05) is 36.0 Å². The van der Waals surface area contributed by atoms with Gasteiger partial charge in [-0.1, -0.05) is 23.4 Å². The molecule has 0 unspecified atom stereocenters. The molecule has 0 aliphatic carbocycles. The van der Waals surface area contributed by atoms with Crippen molar-refractivity contribution in [1.82, 2.24) is 20.4 Å². The van der Waals surface area contributed by atoms with Crippen LogP contribution in [0, 0.1) is 5.82 Å². The van der Waals surface area contributed by atoms with Gasteiger partial charge in [0.25, 0.3) is 17.7 Å². The molecule has 0 fully saturated rings. The number of thiophene rings is 1. The zero-order valence-corrected chi connectivity index (χ0v) is 18.6. The van der Waals surface area contributed by atoms with Crippen LogP contribution in [0.1, 0.15) is 31.4 Å². The van der Waals surface area contributed by atoms with E-state index in [1.54, 1.807) is 48.7 Å². The molecule has 0 aliphatic heterocycles. The molecule has 2 aromatic heterocycles. The Morgan fingerprint density at radius 2 is 1.88 bits per heavy atom. The van der Waals surface area contributed by atoms with Gasteiger partial charge in [-0.25, -0.2) is 4.39 Å². The Labute approximate surface area is 193 Å². The van der Waals surface area contributed by atoms with E-state index in [1.807, 2.05) is 17.5 Å². The topological polar surface area (TPSA) is 88.3 Å². The Morgan fingerprint density at radius 1 is 1.09 bits per heavy atom. The van der Waals surface area contributed by atoms with Crippen molar-refractivity contribution < 1.29 is 18.5 Å². The van der Waals surface area contributed by atoms with Gasteiger partial charge in [-0.3, -0.25) is 9.59 Å². The van der Waals surface area contributed by atoms with E-state index in [0.29, 0.717) is 42.4 Å². The van der Waals surface area contributed by atoms with Gasteiger partial charge >= 0.3 is 0 Å². The molecule has 0 spiro atoms. The van der Waals surface area contributed by atoms with Gasteiger partial charge in [0.2, 0.25) is 0 Å². The smallest absolute Gasteiger partial charge is 0.257 e. The molecule has 4 aromatic rings. The van der Waals surface area contributed by atoms with Crippen molar-refractivity contribution in [3.05, 3.63) is 93.7 Å². The molecule has 4 rings (SSSR count). The van der Waals surface area contributed by atoms with Crippen molar-refractivity contribution >= 4 is 23.2 Å². The summed E-state index contributed by atoms with van der Waals surface area (Å²) in [6.07, 6.45) is 0.351. The molecule has 0 atom stereocenters. The summed E-state index contributed by atoms with van der Waals surface area (Å²) in [4.78, 5) is 31.6. The van der Waals surface area contributed by atoms with E-state index in [4.69, 9.17) is 4.52 Å². The summed E-state index contributed by atoms with van der Waals surface area (Å²) in [5, 5.41) is 8.80. The van der Waals surface area contributed by atoms with E-state index in [9.17, 15) is 14.0 Å². The molecule has 1 N–H and O–H groups in total. The summed E-state index contributed by atoms with van der Waals surface area (Å²) in [5.41, 5.74) is 1.23. The van der Waals surface area contributed by atoms with Crippen LogP contribution in [-0.2, 0) is 13.0 Å². The molecule has 0 saturated carbocycles. The quantitative estimate of drug-likeness (QED) is 0.423. The first kappa shape index (κ1) is 22.3. The number of hydrogen-bond acceptors (Lipinski definition) is 6. The van der Waals surface area contributed by atoms with Crippen LogP contribution in [0.15, 0.2) is 70.6 Å². The third-order valence-electron chi connectivity index (χ3n) is 4.99. The molecular weight excluding hydrogens is 443 g/mol. The summed E-state index contributed by atoms with van der Waals surface area (Å²) >= 11 is 1.59. The Bertz CT molecular complexity index is 1240. The lowest BCUT2D eigenvalue weighted by atomic mass is 10.1. The first-order chi connectivity index (χ1) is 16.0. The predicted octanol–water partition coefficient (Wildman–Crippen LogP) is 4.18. The fourth-order valence-electron chi connectivity index (χ4n) is 3.13. The summed E-state index contributed by atoms with van der Waals surface area (Å²) < 4.78 is 19.1. The van der Waals surface area contributed by atoms with Crippen LogP contribution in [0.5, 0.6) is 0 Å². The van der Waals surface area contributed by atoms with E-state index >= 15 is 0 Å². The van der Waals surface area contributed by atoms with Crippen LogP contribution in [0.3, 0.4) is 0 Å². The monoisotopic (exact) mass is 464 g/mol. The van der Waals surface area contributed by atoms with Crippen LogP contribution in [0.2, 0.25) is 0 Å². The van der Waals surface area contributed by atoms with Gasteiger partial charge < -0.3 is 14.7 Å². The van der Waals surface area contributed by atoms with E-state index in [2.05, 4.69) is 15.5 Å². The summed E-state index contributed by atoms with van der Waals surface area (Å²) in [7, 11) is 1.60. The fourth-order valence-corrected chi connectivity index (χ4v) is 3.77. The minimum absolute atomic E-state index is 0.0216. The lowest BCUT2D eigenvalue weighted by Crippen LogP contribution is -2.29. The van der Waals surface area contributed by atoms with Crippen LogP contribution < -0.4 is 5.32 Å². The molecule has 2 amide bonds. The van der Waals surface area contributed by atoms with Crippen molar-refractivity contribution in [2.75, 3.05) is 13.6 Å². The first-order valence-corrected chi connectivity index (χ1v) is 11.1. The molecule has 168 valence electrons. The number of carbonyl (C=O) groups is 2. The van der Waals surface area contributed by atoms with Crippen molar-refractivity contribution in [1.29, 1.82) is 0 Å². The number of halogens is 1. The normalized spacial score (nSPS) is 10.7. The number of nitrogens with one attached hydrogen (secondary N) is 1. The maximum atomic E-state index is 13.8. The maximum Gasteiger partial charge on any atom is 0.257 e. The van der Waals surface area contributed by atoms with Gasteiger partial charge in [0.1, 0.15) is 5.82 Å². The Hall–Kier alpha value is -3.85. The highest BCUT2D eigenvalue weighted by molar-refractivity contribution is 7.09. The van der Waals surface area contributed by atoms with Crippen LogP contribution in [0.25, 0.3) is 11.5 Å². The second-order valence-corrected chi connectivity index (χ2v) is 8.34. The first-order valence-electron chi connectivity index (χ1n) is 10.2. The minimum Gasteiger partial charge on any atom is -0.347 e. The average Bonchev–Trinajstić information content (AvgIpc) is 3.53. The van der Waals surface area contributed by atoms with Gasteiger partial charge in [-0.15, -0.1) is 11.3 Å². The molecule has 0 radical (unpaired) electrons. The standard InChI is InChI=1S/C24H21FN4O3S/c1-29(24(31)19-6-2-3-7-20(19)25)13-12-21-27-23(32-28-21)17-10-8-16(9-11-17)22(30)26-15-18-5-4-14-33-18/h2-11,14H,12-13,15H2,1H3,(H,26,30). The fraction of sp³-hybridized carbons (Fsp3) is 0.167. The van der Waals surface area contributed by atoms with Gasteiger partial charge in [0.05, 0.1) is 12.1 Å². The number of likely N-dealkylation sites (N-methyl/N-ethyl adjacent to an activating group) is 1. The third-order valence-corrected chi connectivity index (χ3v) is 5.86. The number of hydrogen-bond donors (Lipinski definition) is 1. The number of amides is 2. The second-order valence-electron chi connectivity index (χ2n) is 7.31. The van der Waals surface area contributed by atoms with Crippen molar-refractivity contribution in [3.63, 3.8) is 0 Å². The number of aromatic nitrogens is 2. The zero-order valence-electron chi connectivity index (χ0n) is 17.8. The molecule has 0 bridgehead atoms. The summed E-state index contributed by atoms with van der Waals surface area (Å²) in [5.74, 6) is -0.386. The predicted molar refractivity (Wildman–Crippen MR) is 122 cm³/mol. The van der Waals surface area contributed by atoms with E-state index in [-0.39, 0.29) is 11.5 Å². The lowest BCUT2D eigenvalue weighted by Gasteiger charge is -2.16. The highest BCUT2D eigenvalue weighted by Gasteiger charge is 2.17. The highest BCUT2D eigenvalue weighted by atomic mass is 32.1. The largest absolute Gasteiger partial charge is 0.347 e. The number of rotatable bonds is 8. The van der Waals surface area contributed by atoms with Gasteiger partial charge in [-0.05, 0) is 47.8 Å². The molecule has 7 nitrogen and oxygen atoms in total. The SMILES string of the molecule is CN(CCc1noc(-c2ccc(C(=O)NCc3cccs3)cc2)n1)C(=O)c1ccccc1F. The van der Waals surface area contributed by atoms with Crippen molar-refractivity contribution in [3.8, 4) is 11.5 Å². The molecule has 33 heavy (non-hydrogen) atoms. The van der Waals surface area contributed by atoms with Gasteiger partial charge in [0.15, 0.2) is 5.82 Å². The third kappa shape index (κ3) is 5.50. The number of benzene rings is 2. The van der Waals surface area contributed by atoms with Crippen molar-refractivity contribution in [2.24, 2.45) is 0 Å². The molecule has 0 aliphatic rings. The van der Waals surface area contributed by atoms with E-state index < -0.39 is 11.7 Å². The van der Waals surface area contributed by atoms with Crippen LogP contribution >= 0.6 is 11.3 Å². The number of nitrogens with zero attached hydrogens (tertiary/aromatic N) is 3. The van der Waals surface area contributed by atoms with Crippen molar-refractivity contribution in [2.45, 2.75) is 13.0 Å². The molecule has 9 heteroatoms. The second kappa shape index (κ2) is 10.2. The van der Waals surface area contributed by atoms with E-state index in [0.717, 1.165) is 4.88 Å². The van der Waals surface area contributed by atoms with Crippen LogP contribution in [-0.4, -0.2) is 40.4 Å². The Balaban J connectivity index is 1.32. The minimum atomic E-state index is -0.556. The number of carbonyl (C=O) groups excluding carboxylic acids is 2. The molecular formula is C24H21FN4O3S. The summed E-state index contributed by atoms with van der Waals surface area (Å²) in [6.45, 7) is 0.786. The Morgan fingerprint density at radius 3 is 2.61 bits per heavy atom. The van der Waals surface area contributed by atoms with E-state index in [1.165, 1.54) is 23.1 Å². The highest BCUT2D eigenvalue weighted by Crippen LogP contribution is 2.18. The lowest BCUT2D eigenvalue weighted by molar-refractivity contribution is 0.0790. The van der Waals surface area contributed by atoms with Crippen LogP contribution in [0.4, 0.5) is 4.39 Å².